The van der Waals surface area contributed by atoms with Gasteiger partial charge < -0.3 is 24.3 Å². The zero-order chi connectivity index (χ0) is 22.5. The molecule has 1 fully saturated rings. The van der Waals surface area contributed by atoms with Crippen molar-refractivity contribution in [3.63, 3.8) is 0 Å². The highest BCUT2D eigenvalue weighted by Gasteiger charge is 2.16. The summed E-state index contributed by atoms with van der Waals surface area (Å²) in [6, 6.07) is 14.5. The number of H-pyrrole nitrogens is 1. The van der Waals surface area contributed by atoms with Gasteiger partial charge in [-0.15, -0.1) is 0 Å². The molecule has 1 amide bonds. The lowest BCUT2D eigenvalue weighted by Crippen LogP contribution is -2.37. The summed E-state index contributed by atoms with van der Waals surface area (Å²) >= 11 is 0. The third-order valence-electron chi connectivity index (χ3n) is 5.61. The molecule has 0 radical (unpaired) electrons. The van der Waals surface area contributed by atoms with Crippen LogP contribution in [0.4, 0.5) is 5.82 Å². The van der Waals surface area contributed by atoms with Crippen LogP contribution < -0.4 is 19.5 Å². The molecular formula is C24H26N4O5. The predicted molar refractivity (Wildman–Crippen MR) is 122 cm³/mol. The number of hydrogen-bond acceptors (Lipinski definition) is 7. The summed E-state index contributed by atoms with van der Waals surface area (Å²) in [6.07, 6.45) is 0.951. The number of nitrogens with one attached hydrogen (secondary N) is 2. The first-order valence-corrected chi connectivity index (χ1v) is 11.0. The maximum absolute atomic E-state index is 12.6. The standard InChI is InChI=1S/C24H26N4O5/c29-24(17-2-5-19(6-3-17)31-11-1-8-28-9-12-30-13-10-28)25-23-15-20(26-27-23)18-4-7-21-22(14-18)33-16-32-21/h2-7,14-15H,1,8-13,16H2,(H2,25,26,27,29). The maximum Gasteiger partial charge on any atom is 0.256 e. The summed E-state index contributed by atoms with van der Waals surface area (Å²) in [4.78, 5) is 15.0. The largest absolute Gasteiger partial charge is 0.494 e. The van der Waals surface area contributed by atoms with Gasteiger partial charge in [-0.1, -0.05) is 0 Å². The van der Waals surface area contributed by atoms with Crippen LogP contribution >= 0.6 is 0 Å². The van der Waals surface area contributed by atoms with Crippen molar-refractivity contribution < 1.29 is 23.7 Å². The lowest BCUT2D eigenvalue weighted by molar-refractivity contribution is 0.0358. The van der Waals surface area contributed by atoms with E-state index in [-0.39, 0.29) is 12.7 Å². The molecule has 9 heteroatoms. The Hall–Kier alpha value is -3.56. The average molecular weight is 450 g/mol. The van der Waals surface area contributed by atoms with Crippen molar-refractivity contribution in [1.82, 2.24) is 15.1 Å². The molecule has 0 unspecified atom stereocenters. The number of aromatic nitrogens is 2. The number of nitrogens with zero attached hydrogens (tertiary/aromatic N) is 2. The first-order valence-electron chi connectivity index (χ1n) is 11.0. The van der Waals surface area contributed by atoms with Crippen LogP contribution in [-0.2, 0) is 4.74 Å². The summed E-state index contributed by atoms with van der Waals surface area (Å²) in [5.74, 6) is 2.36. The molecule has 172 valence electrons. The third kappa shape index (κ3) is 5.27. The number of carbonyl (C=O) groups is 1. The van der Waals surface area contributed by atoms with E-state index in [0.29, 0.717) is 23.7 Å². The lowest BCUT2D eigenvalue weighted by Gasteiger charge is -2.26. The van der Waals surface area contributed by atoms with Gasteiger partial charge in [0.1, 0.15) is 5.75 Å². The summed E-state index contributed by atoms with van der Waals surface area (Å²) in [5, 5.41) is 9.95. The zero-order valence-electron chi connectivity index (χ0n) is 18.2. The second-order valence-electron chi connectivity index (χ2n) is 7.87. The number of benzene rings is 2. The van der Waals surface area contributed by atoms with Crippen molar-refractivity contribution in [1.29, 1.82) is 0 Å². The van der Waals surface area contributed by atoms with Gasteiger partial charge in [-0.25, -0.2) is 0 Å². The molecule has 3 heterocycles. The average Bonchev–Trinajstić information content (AvgIpc) is 3.52. The zero-order valence-corrected chi connectivity index (χ0v) is 18.2. The van der Waals surface area contributed by atoms with E-state index in [0.717, 1.165) is 62.0 Å². The Morgan fingerprint density at radius 3 is 2.73 bits per heavy atom. The van der Waals surface area contributed by atoms with Gasteiger partial charge in [0, 0.05) is 36.8 Å². The molecule has 9 nitrogen and oxygen atoms in total. The van der Waals surface area contributed by atoms with Crippen LogP contribution in [0.2, 0.25) is 0 Å². The van der Waals surface area contributed by atoms with Gasteiger partial charge in [-0.05, 0) is 48.9 Å². The molecule has 5 rings (SSSR count). The Morgan fingerprint density at radius 1 is 1.06 bits per heavy atom. The summed E-state index contributed by atoms with van der Waals surface area (Å²) < 4.78 is 21.9. The fraction of sp³-hybridized carbons (Fsp3) is 0.333. The number of fused-ring (bicyclic) bond motifs is 1. The molecule has 33 heavy (non-hydrogen) atoms. The first kappa shape index (κ1) is 21.3. The molecule has 2 aliphatic heterocycles. The van der Waals surface area contributed by atoms with Crippen LogP contribution in [0.1, 0.15) is 16.8 Å². The van der Waals surface area contributed by atoms with Crippen molar-refractivity contribution in [2.24, 2.45) is 0 Å². The van der Waals surface area contributed by atoms with Gasteiger partial charge in [0.05, 0.1) is 25.5 Å². The number of ether oxygens (including phenoxy) is 4. The van der Waals surface area contributed by atoms with E-state index in [9.17, 15) is 4.79 Å². The van der Waals surface area contributed by atoms with E-state index in [1.54, 1.807) is 18.2 Å². The van der Waals surface area contributed by atoms with Gasteiger partial charge in [-0.3, -0.25) is 14.8 Å². The molecule has 3 aromatic rings. The van der Waals surface area contributed by atoms with Crippen LogP contribution in [0.25, 0.3) is 11.3 Å². The van der Waals surface area contributed by atoms with E-state index in [2.05, 4.69) is 20.4 Å². The molecule has 0 saturated carbocycles. The van der Waals surface area contributed by atoms with E-state index < -0.39 is 0 Å². The molecule has 0 bridgehead atoms. The van der Waals surface area contributed by atoms with Crippen molar-refractivity contribution in [3.8, 4) is 28.5 Å². The second kappa shape index (κ2) is 9.93. The van der Waals surface area contributed by atoms with Gasteiger partial charge >= 0.3 is 0 Å². The van der Waals surface area contributed by atoms with E-state index in [1.807, 2.05) is 30.3 Å². The smallest absolute Gasteiger partial charge is 0.256 e. The van der Waals surface area contributed by atoms with Crippen LogP contribution in [0, 0.1) is 0 Å². The third-order valence-corrected chi connectivity index (χ3v) is 5.61. The SMILES string of the molecule is O=C(Nc1cc(-c2ccc3c(c2)OCO3)[nH]n1)c1ccc(OCCCN2CCOCC2)cc1. The van der Waals surface area contributed by atoms with E-state index in [1.165, 1.54) is 0 Å². The highest BCUT2D eigenvalue weighted by Crippen LogP contribution is 2.35. The molecule has 1 aromatic heterocycles. The summed E-state index contributed by atoms with van der Waals surface area (Å²) in [5.41, 5.74) is 2.19. The number of aromatic amines is 1. The van der Waals surface area contributed by atoms with Crippen LogP contribution in [-0.4, -0.2) is 67.3 Å². The molecule has 1 saturated heterocycles. The minimum Gasteiger partial charge on any atom is -0.494 e. The van der Waals surface area contributed by atoms with Gasteiger partial charge in [0.2, 0.25) is 6.79 Å². The molecule has 2 N–H and O–H groups in total. The molecule has 0 aliphatic carbocycles. The fourth-order valence-electron chi connectivity index (χ4n) is 3.79. The predicted octanol–water partition coefficient (Wildman–Crippen LogP) is 3.16. The monoisotopic (exact) mass is 450 g/mol. The van der Waals surface area contributed by atoms with Gasteiger partial charge in [0.25, 0.3) is 5.91 Å². The van der Waals surface area contributed by atoms with Crippen molar-refractivity contribution >= 4 is 11.7 Å². The number of hydrogen-bond donors (Lipinski definition) is 2. The van der Waals surface area contributed by atoms with Crippen molar-refractivity contribution in [2.75, 3.05) is 51.6 Å². The number of anilines is 1. The van der Waals surface area contributed by atoms with Crippen molar-refractivity contribution in [3.05, 3.63) is 54.1 Å². The molecule has 0 spiro atoms. The number of carbonyl (C=O) groups excluding carboxylic acids is 1. The number of rotatable bonds is 8. The normalized spacial score (nSPS) is 15.4. The Kier molecular flexibility index (Phi) is 6.41. The lowest BCUT2D eigenvalue weighted by atomic mass is 10.1. The maximum atomic E-state index is 12.6. The Balaban J connectivity index is 1.11. The molecule has 2 aromatic carbocycles. The summed E-state index contributed by atoms with van der Waals surface area (Å²) in [7, 11) is 0. The molecule has 0 atom stereocenters. The van der Waals surface area contributed by atoms with Crippen molar-refractivity contribution in [2.45, 2.75) is 6.42 Å². The highest BCUT2D eigenvalue weighted by atomic mass is 16.7. The Bertz CT molecular complexity index is 1090. The minimum atomic E-state index is -0.238. The first-order chi connectivity index (χ1) is 16.2. The topological polar surface area (TPSA) is 97.9 Å². The van der Waals surface area contributed by atoms with E-state index >= 15 is 0 Å². The van der Waals surface area contributed by atoms with Crippen LogP contribution in [0.15, 0.2) is 48.5 Å². The fourth-order valence-corrected chi connectivity index (χ4v) is 3.79. The number of morpholine rings is 1. The highest BCUT2D eigenvalue weighted by molar-refractivity contribution is 6.04. The van der Waals surface area contributed by atoms with Gasteiger partial charge in [0.15, 0.2) is 17.3 Å². The quantitative estimate of drug-likeness (QED) is 0.509. The Morgan fingerprint density at radius 2 is 1.88 bits per heavy atom. The molecule has 2 aliphatic rings. The minimum absolute atomic E-state index is 0.224. The van der Waals surface area contributed by atoms with Crippen LogP contribution in [0.3, 0.4) is 0 Å². The van der Waals surface area contributed by atoms with Crippen LogP contribution in [0.5, 0.6) is 17.2 Å². The Labute approximate surface area is 191 Å². The number of amides is 1. The second-order valence-corrected chi connectivity index (χ2v) is 7.87. The van der Waals surface area contributed by atoms with Gasteiger partial charge in [-0.2, -0.15) is 5.10 Å². The van der Waals surface area contributed by atoms with E-state index in [4.69, 9.17) is 18.9 Å². The summed E-state index contributed by atoms with van der Waals surface area (Å²) in [6.45, 7) is 5.45. The molecular weight excluding hydrogens is 424 g/mol.